The highest BCUT2D eigenvalue weighted by Gasteiger charge is 2.17. The van der Waals surface area contributed by atoms with E-state index in [0.717, 1.165) is 25.9 Å². The van der Waals surface area contributed by atoms with E-state index in [1.807, 2.05) is 0 Å². The summed E-state index contributed by atoms with van der Waals surface area (Å²) in [5, 5.41) is 6.08. The van der Waals surface area contributed by atoms with Gasteiger partial charge in [0.2, 0.25) is 5.91 Å². The number of amides is 1. The molecule has 2 N–H and O–H groups in total. The van der Waals surface area contributed by atoms with E-state index in [0.29, 0.717) is 27.4 Å². The van der Waals surface area contributed by atoms with E-state index in [2.05, 4.69) is 52.5 Å². The summed E-state index contributed by atoms with van der Waals surface area (Å²) in [4.78, 5) is 20.1. The summed E-state index contributed by atoms with van der Waals surface area (Å²) in [6, 6.07) is 0. The fraction of sp³-hybridized carbons (Fsp3) is 0.545. The highest BCUT2D eigenvalue weighted by atomic mass is 79.9. The van der Waals surface area contributed by atoms with Crippen molar-refractivity contribution in [1.29, 1.82) is 0 Å². The maximum absolute atomic E-state index is 11.9. The molecule has 1 aromatic heterocycles. The van der Waals surface area contributed by atoms with Crippen molar-refractivity contribution in [3.63, 3.8) is 0 Å². The van der Waals surface area contributed by atoms with E-state index in [1.165, 1.54) is 0 Å². The molecular weight excluding hydrogens is 364 g/mol. The summed E-state index contributed by atoms with van der Waals surface area (Å²) in [5.41, 5.74) is 0. The van der Waals surface area contributed by atoms with Crippen molar-refractivity contribution in [2.75, 3.05) is 18.4 Å². The topological polar surface area (TPSA) is 66.9 Å². The summed E-state index contributed by atoms with van der Waals surface area (Å²) in [6.45, 7) is 1.97. The molecule has 1 amide bonds. The molecule has 1 atom stereocenters. The minimum absolute atomic E-state index is 0.0129. The van der Waals surface area contributed by atoms with Gasteiger partial charge in [-0.15, -0.1) is 0 Å². The van der Waals surface area contributed by atoms with Crippen LogP contribution in [0.15, 0.2) is 15.4 Å². The molecule has 5 nitrogen and oxygen atoms in total. The summed E-state index contributed by atoms with van der Waals surface area (Å²) >= 11 is 6.49. The largest absolute Gasteiger partial charge is 0.316 e. The Morgan fingerprint density at radius 3 is 3.06 bits per heavy atom. The summed E-state index contributed by atoms with van der Waals surface area (Å²) in [6.07, 6.45) is 4.33. The van der Waals surface area contributed by atoms with Crippen LogP contribution in [-0.2, 0) is 4.79 Å². The van der Waals surface area contributed by atoms with E-state index in [4.69, 9.17) is 0 Å². The van der Waals surface area contributed by atoms with Crippen molar-refractivity contribution < 1.29 is 4.79 Å². The molecule has 1 aliphatic rings. The van der Waals surface area contributed by atoms with Gasteiger partial charge in [0.25, 0.3) is 0 Å². The molecule has 18 heavy (non-hydrogen) atoms. The first-order valence-corrected chi connectivity index (χ1v) is 7.42. The van der Waals surface area contributed by atoms with Gasteiger partial charge in [-0.1, -0.05) is 0 Å². The Balaban J connectivity index is 1.90. The molecule has 0 spiro atoms. The number of carbonyl (C=O) groups excluding carboxylic acids is 1. The van der Waals surface area contributed by atoms with Crippen molar-refractivity contribution in [3.05, 3.63) is 15.4 Å². The normalized spacial score (nSPS) is 19.6. The molecule has 0 bridgehead atoms. The van der Waals surface area contributed by atoms with Crippen LogP contribution in [0.2, 0.25) is 0 Å². The fourth-order valence-corrected chi connectivity index (χ4v) is 2.88. The standard InChI is InChI=1S/C11H14Br2N4O/c12-8-6-15-11(10(13)16-8)17-9(18)4-7-2-1-3-14-5-7/h6-7,14H,1-5H2,(H,15,17,18). The molecule has 98 valence electrons. The average Bonchev–Trinajstić information content (AvgIpc) is 2.34. The zero-order chi connectivity index (χ0) is 13.0. The second-order valence-electron chi connectivity index (χ2n) is 4.30. The first-order valence-electron chi connectivity index (χ1n) is 5.84. The number of carbonyl (C=O) groups is 1. The second kappa shape index (κ2) is 6.58. The van der Waals surface area contributed by atoms with Crippen LogP contribution < -0.4 is 10.6 Å². The smallest absolute Gasteiger partial charge is 0.225 e. The number of anilines is 1. The number of piperidine rings is 1. The van der Waals surface area contributed by atoms with E-state index in [-0.39, 0.29) is 5.91 Å². The predicted molar refractivity (Wildman–Crippen MR) is 76.3 cm³/mol. The van der Waals surface area contributed by atoms with Gasteiger partial charge in [-0.05, 0) is 63.7 Å². The van der Waals surface area contributed by atoms with E-state index >= 15 is 0 Å². The third kappa shape index (κ3) is 4.00. The fourth-order valence-electron chi connectivity index (χ4n) is 1.97. The minimum Gasteiger partial charge on any atom is -0.316 e. The molecule has 1 unspecified atom stereocenters. The number of nitrogens with zero attached hydrogens (tertiary/aromatic N) is 2. The van der Waals surface area contributed by atoms with Gasteiger partial charge in [-0.3, -0.25) is 4.79 Å². The lowest BCUT2D eigenvalue weighted by Gasteiger charge is -2.21. The third-order valence-electron chi connectivity index (χ3n) is 2.83. The van der Waals surface area contributed by atoms with Crippen molar-refractivity contribution >= 4 is 43.6 Å². The minimum atomic E-state index is -0.0129. The Kier molecular flexibility index (Phi) is 5.08. The molecule has 0 aliphatic carbocycles. The number of hydrogen-bond donors (Lipinski definition) is 2. The quantitative estimate of drug-likeness (QED) is 0.848. The molecule has 1 fully saturated rings. The van der Waals surface area contributed by atoms with Crippen LogP contribution in [0.3, 0.4) is 0 Å². The molecular formula is C11H14Br2N4O. The van der Waals surface area contributed by atoms with Gasteiger partial charge in [0, 0.05) is 6.42 Å². The van der Waals surface area contributed by atoms with E-state index < -0.39 is 0 Å². The van der Waals surface area contributed by atoms with Gasteiger partial charge in [-0.25, -0.2) is 9.97 Å². The molecule has 7 heteroatoms. The van der Waals surface area contributed by atoms with Crippen LogP contribution in [-0.4, -0.2) is 29.0 Å². The maximum atomic E-state index is 11.9. The molecule has 0 saturated carbocycles. The predicted octanol–water partition coefficient (Wildman–Crippen LogP) is 2.33. The number of rotatable bonds is 3. The number of aromatic nitrogens is 2. The zero-order valence-corrected chi connectivity index (χ0v) is 12.9. The Morgan fingerprint density at radius 1 is 1.56 bits per heavy atom. The summed E-state index contributed by atoms with van der Waals surface area (Å²) in [5.74, 6) is 0.869. The number of nitrogens with one attached hydrogen (secondary N) is 2. The highest BCUT2D eigenvalue weighted by molar-refractivity contribution is 9.11. The Bertz CT molecular complexity index is 435. The maximum Gasteiger partial charge on any atom is 0.225 e. The first kappa shape index (κ1) is 13.9. The van der Waals surface area contributed by atoms with Crippen molar-refractivity contribution in [3.8, 4) is 0 Å². The van der Waals surface area contributed by atoms with Crippen LogP contribution in [0, 0.1) is 5.92 Å². The monoisotopic (exact) mass is 376 g/mol. The van der Waals surface area contributed by atoms with Crippen molar-refractivity contribution in [1.82, 2.24) is 15.3 Å². The van der Waals surface area contributed by atoms with Crippen LogP contribution in [0.1, 0.15) is 19.3 Å². The summed E-state index contributed by atoms with van der Waals surface area (Å²) < 4.78 is 1.16. The Labute approximate surface area is 122 Å². The first-order chi connectivity index (χ1) is 8.65. The Morgan fingerprint density at radius 2 is 2.39 bits per heavy atom. The van der Waals surface area contributed by atoms with Crippen molar-refractivity contribution in [2.45, 2.75) is 19.3 Å². The second-order valence-corrected chi connectivity index (χ2v) is 5.86. The van der Waals surface area contributed by atoms with E-state index in [1.54, 1.807) is 6.20 Å². The lowest BCUT2D eigenvalue weighted by Crippen LogP contribution is -2.32. The number of halogens is 2. The highest BCUT2D eigenvalue weighted by Crippen LogP contribution is 2.20. The van der Waals surface area contributed by atoms with Crippen LogP contribution in [0.4, 0.5) is 5.82 Å². The van der Waals surface area contributed by atoms with Gasteiger partial charge in [-0.2, -0.15) is 0 Å². The zero-order valence-electron chi connectivity index (χ0n) is 9.75. The summed E-state index contributed by atoms with van der Waals surface area (Å²) in [7, 11) is 0. The van der Waals surface area contributed by atoms with Gasteiger partial charge >= 0.3 is 0 Å². The number of hydrogen-bond acceptors (Lipinski definition) is 4. The van der Waals surface area contributed by atoms with Gasteiger partial charge in [0.15, 0.2) is 5.82 Å². The third-order valence-corrected chi connectivity index (χ3v) is 3.77. The molecule has 1 aliphatic heterocycles. The van der Waals surface area contributed by atoms with Gasteiger partial charge < -0.3 is 10.6 Å². The molecule has 2 rings (SSSR count). The van der Waals surface area contributed by atoms with Crippen LogP contribution in [0.5, 0.6) is 0 Å². The van der Waals surface area contributed by atoms with Gasteiger partial charge in [0.05, 0.1) is 6.20 Å². The average molecular weight is 378 g/mol. The molecule has 2 heterocycles. The Hall–Kier alpha value is -0.530. The molecule has 1 saturated heterocycles. The molecule has 1 aromatic rings. The molecule has 0 aromatic carbocycles. The van der Waals surface area contributed by atoms with Crippen molar-refractivity contribution in [2.24, 2.45) is 5.92 Å². The van der Waals surface area contributed by atoms with Gasteiger partial charge in [0.1, 0.15) is 9.21 Å². The molecule has 0 radical (unpaired) electrons. The van der Waals surface area contributed by atoms with Crippen LogP contribution >= 0.6 is 31.9 Å². The van der Waals surface area contributed by atoms with E-state index in [9.17, 15) is 4.79 Å². The lowest BCUT2D eigenvalue weighted by atomic mass is 9.96. The lowest BCUT2D eigenvalue weighted by molar-refractivity contribution is -0.117. The SMILES string of the molecule is O=C(CC1CCCNC1)Nc1ncc(Br)nc1Br. The van der Waals surface area contributed by atoms with Crippen LogP contribution in [0.25, 0.3) is 0 Å².